The van der Waals surface area contributed by atoms with Crippen LogP contribution in [0.25, 0.3) is 0 Å². The fourth-order valence-electron chi connectivity index (χ4n) is 13.8. The standard InChI is InChI=1S/C42H62O20/c43-11-23-31(47)35(51)37(53)41(61-23)59-21-5-1-3-15-25(17-7-13(39(55)56)9-19(45)27(17)33(49)29(15)21)26-16-4-2-6-22(60-42-38(54)36(52)32(48)24(12-44)62-42)30(16)34(50)28-18(26)8-14(40(57)58)10-20(28)46/h13-32,35-38,41-48,51-54H,1-12H2,(H,55,56)(H,57,58). The van der Waals surface area contributed by atoms with E-state index in [0.717, 1.165) is 0 Å². The van der Waals surface area contributed by atoms with Crippen molar-refractivity contribution >= 4 is 23.5 Å². The van der Waals surface area contributed by atoms with Gasteiger partial charge in [-0.05, 0) is 86.9 Å². The lowest BCUT2D eigenvalue weighted by atomic mass is 9.42. The Labute approximate surface area is 356 Å². The van der Waals surface area contributed by atoms with Crippen molar-refractivity contribution in [2.75, 3.05) is 13.2 Å². The zero-order chi connectivity index (χ0) is 44.6. The van der Waals surface area contributed by atoms with Crippen molar-refractivity contribution in [1.82, 2.24) is 0 Å². The van der Waals surface area contributed by atoms with Crippen molar-refractivity contribution in [2.45, 2.75) is 150 Å². The third kappa shape index (κ3) is 7.86. The number of carbonyl (C=O) groups is 4. The first-order valence-electron chi connectivity index (χ1n) is 22.3. The van der Waals surface area contributed by atoms with E-state index >= 15 is 0 Å². The van der Waals surface area contributed by atoms with Gasteiger partial charge in [-0.25, -0.2) is 0 Å². The Morgan fingerprint density at radius 1 is 0.500 bits per heavy atom. The van der Waals surface area contributed by atoms with Crippen LogP contribution in [-0.4, -0.2) is 184 Å². The molecular weight excluding hydrogens is 824 g/mol. The van der Waals surface area contributed by atoms with Gasteiger partial charge in [-0.3, -0.25) is 19.2 Å². The molecule has 0 spiro atoms. The molecule has 8 rings (SSSR count). The van der Waals surface area contributed by atoms with Gasteiger partial charge in [0.25, 0.3) is 0 Å². The molecule has 0 aromatic heterocycles. The minimum absolute atomic E-state index is 0.0101. The number of aliphatic hydroxyl groups excluding tert-OH is 10. The molecule has 2 heterocycles. The molecular formula is C42H62O20. The van der Waals surface area contributed by atoms with Crippen molar-refractivity contribution in [1.29, 1.82) is 0 Å². The molecule has 0 bridgehead atoms. The number of carboxylic acids is 2. The number of hydrogen-bond acceptors (Lipinski definition) is 18. The van der Waals surface area contributed by atoms with Gasteiger partial charge in [0.1, 0.15) is 60.4 Å². The van der Waals surface area contributed by atoms with Crippen LogP contribution in [-0.2, 0) is 38.1 Å². The normalized spacial score (nSPS) is 53.1. The summed E-state index contributed by atoms with van der Waals surface area (Å²) < 4.78 is 24.1. The molecule has 2 aliphatic heterocycles. The number of Topliss-reactive ketones (excluding diaryl/α,β-unsaturated/α-hetero) is 2. The van der Waals surface area contributed by atoms with Crippen molar-refractivity contribution in [2.24, 2.45) is 71.0 Å². The van der Waals surface area contributed by atoms with Gasteiger partial charge in [-0.15, -0.1) is 0 Å². The average Bonchev–Trinajstić information content (AvgIpc) is 3.24. The van der Waals surface area contributed by atoms with E-state index in [2.05, 4.69) is 0 Å². The molecule has 20 heteroatoms. The maximum Gasteiger partial charge on any atom is 0.306 e. The highest BCUT2D eigenvalue weighted by Crippen LogP contribution is 2.63. The fraction of sp³-hybridized carbons (Fsp3) is 0.905. The summed E-state index contributed by atoms with van der Waals surface area (Å²) in [5.74, 6) is -13.5. The van der Waals surface area contributed by atoms with Crippen LogP contribution in [0.4, 0.5) is 0 Å². The van der Waals surface area contributed by atoms with Crippen molar-refractivity contribution in [3.8, 4) is 0 Å². The van der Waals surface area contributed by atoms with Crippen LogP contribution >= 0.6 is 0 Å². The summed E-state index contributed by atoms with van der Waals surface area (Å²) in [6, 6.07) is 0. The molecule has 20 nitrogen and oxygen atoms in total. The number of ether oxygens (including phenoxy) is 4. The molecule has 0 aromatic carbocycles. The minimum atomic E-state index is -1.78. The van der Waals surface area contributed by atoms with Gasteiger partial charge in [-0.1, -0.05) is 12.8 Å². The predicted octanol–water partition coefficient (Wildman–Crippen LogP) is -3.24. The van der Waals surface area contributed by atoms with E-state index in [-0.39, 0.29) is 50.1 Å². The number of carbonyl (C=O) groups excluding carboxylic acids is 2. The molecule has 26 atom stereocenters. The minimum Gasteiger partial charge on any atom is -0.481 e. The number of carboxylic acid groups (broad SMARTS) is 2. The zero-order valence-electron chi connectivity index (χ0n) is 34.1. The summed E-state index contributed by atoms with van der Waals surface area (Å²) in [7, 11) is 0. The van der Waals surface area contributed by atoms with E-state index < -0.39 is 182 Å². The van der Waals surface area contributed by atoms with Crippen LogP contribution in [0, 0.1) is 71.0 Å². The Hall–Kier alpha value is -2.28. The van der Waals surface area contributed by atoms with Gasteiger partial charge >= 0.3 is 11.9 Å². The highest BCUT2D eigenvalue weighted by molar-refractivity contribution is 5.88. The fourth-order valence-corrected chi connectivity index (χ4v) is 13.8. The zero-order valence-corrected chi connectivity index (χ0v) is 34.1. The summed E-state index contributed by atoms with van der Waals surface area (Å²) in [6.45, 7) is -1.45. The molecule has 0 radical (unpaired) electrons. The average molecular weight is 887 g/mol. The van der Waals surface area contributed by atoms with Gasteiger partial charge in [0.15, 0.2) is 12.6 Å². The number of aliphatic hydroxyl groups is 10. The summed E-state index contributed by atoms with van der Waals surface area (Å²) >= 11 is 0. The molecule has 0 amide bonds. The lowest BCUT2D eigenvalue weighted by molar-refractivity contribution is -0.321. The van der Waals surface area contributed by atoms with E-state index in [9.17, 15) is 80.5 Å². The first-order chi connectivity index (χ1) is 29.5. The van der Waals surface area contributed by atoms with E-state index in [4.69, 9.17) is 18.9 Å². The SMILES string of the molecule is O=C(O)C1CC(O)C2C(=O)C3C(OC4OC(CO)C(O)C(O)C4O)CCCC3C(C3C4CC(C(=O)O)CC(O)C4C(=O)C4C(OC5OC(CO)C(O)C(O)C5O)CCCC43)C2C1. The number of ketones is 2. The second kappa shape index (κ2) is 18.2. The summed E-state index contributed by atoms with van der Waals surface area (Å²) in [5, 5.41) is 128. The topological polar surface area (TPSA) is 348 Å². The molecule has 0 aromatic rings. The Kier molecular flexibility index (Phi) is 13.6. The van der Waals surface area contributed by atoms with Crippen LogP contribution in [0.1, 0.15) is 64.2 Å². The molecule has 2 saturated heterocycles. The highest BCUT2D eigenvalue weighted by Gasteiger charge is 2.66. The van der Waals surface area contributed by atoms with Crippen LogP contribution in [0.2, 0.25) is 0 Å². The van der Waals surface area contributed by atoms with Crippen molar-refractivity contribution in [3.63, 3.8) is 0 Å². The summed E-state index contributed by atoms with van der Waals surface area (Å²) in [6.07, 6.45) is -19.3. The molecule has 26 unspecified atom stereocenters. The van der Waals surface area contributed by atoms with E-state index in [1.165, 1.54) is 0 Å². The highest BCUT2D eigenvalue weighted by atomic mass is 16.7. The van der Waals surface area contributed by atoms with E-state index in [1.807, 2.05) is 0 Å². The van der Waals surface area contributed by atoms with Crippen LogP contribution in [0.3, 0.4) is 0 Å². The maximum absolute atomic E-state index is 15.0. The molecule has 12 N–H and O–H groups in total. The Morgan fingerprint density at radius 2 is 0.871 bits per heavy atom. The quantitative estimate of drug-likeness (QED) is 0.108. The molecule has 350 valence electrons. The third-order valence-corrected chi connectivity index (χ3v) is 16.4. The largest absolute Gasteiger partial charge is 0.481 e. The first kappa shape index (κ1) is 46.3. The van der Waals surface area contributed by atoms with E-state index in [0.29, 0.717) is 25.7 Å². The monoisotopic (exact) mass is 886 g/mol. The van der Waals surface area contributed by atoms with Crippen LogP contribution in [0.5, 0.6) is 0 Å². The van der Waals surface area contributed by atoms with Crippen molar-refractivity contribution in [3.05, 3.63) is 0 Å². The maximum atomic E-state index is 15.0. The Balaban J connectivity index is 1.22. The second-order valence-electron chi connectivity index (χ2n) is 19.5. The predicted molar refractivity (Wildman–Crippen MR) is 203 cm³/mol. The molecule has 8 fully saturated rings. The number of rotatable bonds is 9. The van der Waals surface area contributed by atoms with E-state index in [1.54, 1.807) is 0 Å². The van der Waals surface area contributed by atoms with Crippen LogP contribution < -0.4 is 0 Å². The number of fused-ring (bicyclic) bond motifs is 4. The smallest absolute Gasteiger partial charge is 0.306 e. The Bertz CT molecular complexity index is 1540. The van der Waals surface area contributed by atoms with Gasteiger partial charge in [0.05, 0.1) is 49.5 Å². The van der Waals surface area contributed by atoms with Gasteiger partial charge in [0, 0.05) is 23.7 Å². The lowest BCUT2D eigenvalue weighted by Gasteiger charge is -2.62. The Morgan fingerprint density at radius 3 is 1.21 bits per heavy atom. The van der Waals surface area contributed by atoms with Crippen molar-refractivity contribution < 1.29 is 99.4 Å². The molecule has 6 saturated carbocycles. The number of aliphatic carboxylic acids is 2. The number of hydrogen-bond donors (Lipinski definition) is 12. The molecule has 62 heavy (non-hydrogen) atoms. The molecule has 6 aliphatic carbocycles. The lowest BCUT2D eigenvalue weighted by Crippen LogP contribution is -2.66. The van der Waals surface area contributed by atoms with Crippen LogP contribution in [0.15, 0.2) is 0 Å². The third-order valence-electron chi connectivity index (χ3n) is 16.4. The molecule has 8 aliphatic rings. The summed E-state index contributed by atoms with van der Waals surface area (Å²) in [4.78, 5) is 55.3. The summed E-state index contributed by atoms with van der Waals surface area (Å²) in [5.41, 5.74) is 0. The first-order valence-corrected chi connectivity index (χ1v) is 22.3. The van der Waals surface area contributed by atoms with Gasteiger partial charge in [0.2, 0.25) is 0 Å². The van der Waals surface area contributed by atoms with Gasteiger partial charge < -0.3 is 80.2 Å². The van der Waals surface area contributed by atoms with Gasteiger partial charge in [-0.2, -0.15) is 0 Å². The second-order valence-corrected chi connectivity index (χ2v) is 19.5.